The Morgan fingerprint density at radius 1 is 1.09 bits per heavy atom. The van der Waals surface area contributed by atoms with Gasteiger partial charge >= 0.3 is 0 Å². The highest BCUT2D eigenvalue weighted by molar-refractivity contribution is 5.74. The topological polar surface area (TPSA) is 100 Å². The quantitative estimate of drug-likeness (QED) is 0.576. The molecule has 5 rings (SSSR count). The number of aromatic nitrogens is 3. The Balaban J connectivity index is 1.36. The van der Waals surface area contributed by atoms with Crippen LogP contribution in [0.25, 0.3) is 22.4 Å². The van der Waals surface area contributed by atoms with Gasteiger partial charge in [0.15, 0.2) is 6.17 Å². The molecule has 2 fully saturated rings. The standard InChI is InChI=1S/C23H22F2N4O3/c24-16-10-15(19(30)11-14(16)12-6-7-26-21(31)8-12)17-4-5-22(29-28-17)32-20-9-13-2-1-3-18(27-13)23(20)25/h4-8,10-11,13,18,20,23,27,30H,1-3,9H2,(H,26,31)/t13?,18?,20-,23+/m0/s1. The van der Waals surface area contributed by atoms with Gasteiger partial charge in [0.05, 0.1) is 5.69 Å². The van der Waals surface area contributed by atoms with Gasteiger partial charge in [-0.05, 0) is 42.7 Å². The van der Waals surface area contributed by atoms with Crippen molar-refractivity contribution in [3.63, 3.8) is 0 Å². The minimum absolute atomic E-state index is 0.0932. The Morgan fingerprint density at radius 3 is 2.75 bits per heavy atom. The van der Waals surface area contributed by atoms with Crippen molar-refractivity contribution in [3.05, 3.63) is 58.8 Å². The van der Waals surface area contributed by atoms with Crippen molar-refractivity contribution in [1.29, 1.82) is 0 Å². The van der Waals surface area contributed by atoms with Crippen LogP contribution in [0, 0.1) is 5.82 Å². The number of ether oxygens (including phenoxy) is 1. The lowest BCUT2D eigenvalue weighted by Gasteiger charge is -2.42. The van der Waals surface area contributed by atoms with E-state index >= 15 is 0 Å². The molecule has 0 saturated carbocycles. The minimum Gasteiger partial charge on any atom is -0.507 e. The van der Waals surface area contributed by atoms with Crippen LogP contribution >= 0.6 is 0 Å². The SMILES string of the molecule is O=c1cc(-c2cc(O)c(-c3ccc(O[C@H]4CC5CCCC(N5)[C@H]4F)nn3)cc2F)cc[nH]1. The summed E-state index contributed by atoms with van der Waals surface area (Å²) in [7, 11) is 0. The zero-order valence-corrected chi connectivity index (χ0v) is 17.1. The lowest BCUT2D eigenvalue weighted by molar-refractivity contribution is 0.00652. The highest BCUT2D eigenvalue weighted by Crippen LogP contribution is 2.35. The van der Waals surface area contributed by atoms with E-state index in [1.165, 1.54) is 30.5 Å². The molecule has 0 amide bonds. The zero-order chi connectivity index (χ0) is 22.2. The number of fused-ring (bicyclic) bond motifs is 2. The minimum atomic E-state index is -1.12. The van der Waals surface area contributed by atoms with Gasteiger partial charge in [-0.25, -0.2) is 8.78 Å². The van der Waals surface area contributed by atoms with Crippen molar-refractivity contribution in [2.24, 2.45) is 0 Å². The van der Waals surface area contributed by atoms with Crippen LogP contribution in [0.1, 0.15) is 25.7 Å². The van der Waals surface area contributed by atoms with E-state index in [0.717, 1.165) is 25.3 Å². The summed E-state index contributed by atoms with van der Waals surface area (Å²) in [6, 6.07) is 8.30. The summed E-state index contributed by atoms with van der Waals surface area (Å²) in [5.41, 5.74) is 0.450. The molecule has 9 heteroatoms. The lowest BCUT2D eigenvalue weighted by atomic mass is 9.84. The largest absolute Gasteiger partial charge is 0.507 e. The fraction of sp³-hybridized carbons (Fsp3) is 0.348. The predicted molar refractivity (Wildman–Crippen MR) is 114 cm³/mol. The number of nitrogens with zero attached hydrogens (tertiary/aromatic N) is 2. The molecule has 32 heavy (non-hydrogen) atoms. The van der Waals surface area contributed by atoms with Crippen LogP contribution in [0.2, 0.25) is 0 Å². The molecule has 2 aliphatic heterocycles. The number of benzene rings is 1. The molecular weight excluding hydrogens is 418 g/mol. The maximum atomic E-state index is 14.7. The van der Waals surface area contributed by atoms with E-state index < -0.39 is 18.1 Å². The Kier molecular flexibility index (Phi) is 5.34. The normalized spacial score (nSPS) is 24.8. The number of phenolic OH excluding ortho intramolecular Hbond substituents is 1. The zero-order valence-electron chi connectivity index (χ0n) is 17.1. The molecular formula is C23H22F2N4O3. The van der Waals surface area contributed by atoms with Gasteiger partial charge in [0.25, 0.3) is 0 Å². The van der Waals surface area contributed by atoms with Gasteiger partial charge in [-0.1, -0.05) is 6.42 Å². The number of phenols is 1. The summed E-state index contributed by atoms with van der Waals surface area (Å²) in [6.07, 6.45) is 3.08. The Bertz CT molecular complexity index is 1180. The van der Waals surface area contributed by atoms with Gasteiger partial charge in [0, 0.05) is 48.0 Å². The first kappa shape index (κ1) is 20.6. The molecule has 3 aromatic rings. The average molecular weight is 440 g/mol. The first-order chi connectivity index (χ1) is 15.5. The second-order valence-corrected chi connectivity index (χ2v) is 8.29. The fourth-order valence-corrected chi connectivity index (χ4v) is 4.56. The fourth-order valence-electron chi connectivity index (χ4n) is 4.56. The van der Waals surface area contributed by atoms with E-state index in [4.69, 9.17) is 4.74 Å². The van der Waals surface area contributed by atoms with Gasteiger partial charge in [0.1, 0.15) is 17.7 Å². The van der Waals surface area contributed by atoms with Gasteiger partial charge in [-0.3, -0.25) is 4.79 Å². The molecule has 2 bridgehead atoms. The molecule has 2 unspecified atom stereocenters. The number of H-pyrrole nitrogens is 1. The van der Waals surface area contributed by atoms with Crippen molar-refractivity contribution < 1.29 is 18.6 Å². The van der Waals surface area contributed by atoms with Crippen LogP contribution in [-0.4, -0.2) is 44.6 Å². The number of pyridine rings is 1. The third-order valence-corrected chi connectivity index (χ3v) is 6.13. The summed E-state index contributed by atoms with van der Waals surface area (Å²) in [5, 5.41) is 21.8. The molecule has 166 valence electrons. The molecule has 7 nitrogen and oxygen atoms in total. The molecule has 1 aromatic carbocycles. The Labute approximate surface area is 182 Å². The number of piperidine rings is 2. The van der Waals surface area contributed by atoms with E-state index in [0.29, 0.717) is 12.0 Å². The summed E-state index contributed by atoms with van der Waals surface area (Å²) in [6.45, 7) is 0. The smallest absolute Gasteiger partial charge is 0.248 e. The molecule has 0 aliphatic carbocycles. The second kappa shape index (κ2) is 8.31. The second-order valence-electron chi connectivity index (χ2n) is 8.29. The number of nitrogens with one attached hydrogen (secondary N) is 2. The molecule has 0 spiro atoms. The van der Waals surface area contributed by atoms with Crippen LogP contribution in [0.3, 0.4) is 0 Å². The number of rotatable bonds is 4. The number of halogens is 2. The number of aromatic amines is 1. The van der Waals surface area contributed by atoms with Crippen LogP contribution < -0.4 is 15.6 Å². The van der Waals surface area contributed by atoms with Gasteiger partial charge in [-0.2, -0.15) is 0 Å². The van der Waals surface area contributed by atoms with Crippen molar-refractivity contribution in [2.75, 3.05) is 0 Å². The van der Waals surface area contributed by atoms with Gasteiger partial charge < -0.3 is 20.1 Å². The number of aromatic hydroxyl groups is 1. The van der Waals surface area contributed by atoms with E-state index in [2.05, 4.69) is 20.5 Å². The molecule has 0 radical (unpaired) electrons. The van der Waals surface area contributed by atoms with Crippen LogP contribution in [0.5, 0.6) is 11.6 Å². The van der Waals surface area contributed by atoms with E-state index in [1.807, 2.05) is 0 Å². The summed E-state index contributed by atoms with van der Waals surface area (Å²) in [4.78, 5) is 14.0. The Hall–Kier alpha value is -3.33. The third-order valence-electron chi connectivity index (χ3n) is 6.13. The summed E-state index contributed by atoms with van der Waals surface area (Å²) < 4.78 is 35.2. The maximum absolute atomic E-state index is 14.7. The van der Waals surface area contributed by atoms with Gasteiger partial charge in [-0.15, -0.1) is 10.2 Å². The molecule has 2 saturated heterocycles. The highest BCUT2D eigenvalue weighted by Gasteiger charge is 2.41. The number of alkyl halides is 1. The van der Waals surface area contributed by atoms with Crippen molar-refractivity contribution >= 4 is 0 Å². The molecule has 2 aromatic heterocycles. The average Bonchev–Trinajstić information content (AvgIpc) is 2.79. The van der Waals surface area contributed by atoms with Crippen LogP contribution in [0.4, 0.5) is 8.78 Å². The van der Waals surface area contributed by atoms with Crippen molar-refractivity contribution in [1.82, 2.24) is 20.5 Å². The summed E-state index contributed by atoms with van der Waals surface area (Å²) in [5.74, 6) is -0.645. The van der Waals surface area contributed by atoms with Gasteiger partial charge in [0.2, 0.25) is 11.4 Å². The van der Waals surface area contributed by atoms with Crippen molar-refractivity contribution in [2.45, 2.75) is 50.0 Å². The van der Waals surface area contributed by atoms with Crippen LogP contribution in [-0.2, 0) is 0 Å². The molecule has 4 atom stereocenters. The van der Waals surface area contributed by atoms with E-state index in [9.17, 15) is 18.7 Å². The van der Waals surface area contributed by atoms with Crippen LogP contribution in [0.15, 0.2) is 47.4 Å². The van der Waals surface area contributed by atoms with E-state index in [-0.39, 0.29) is 46.1 Å². The molecule has 2 aliphatic rings. The lowest BCUT2D eigenvalue weighted by Crippen LogP contribution is -2.59. The first-order valence-electron chi connectivity index (χ1n) is 10.6. The van der Waals surface area contributed by atoms with E-state index in [1.54, 1.807) is 6.07 Å². The molecule has 3 N–H and O–H groups in total. The van der Waals surface area contributed by atoms with Crippen molar-refractivity contribution in [3.8, 4) is 34.0 Å². The number of hydrogen-bond acceptors (Lipinski definition) is 6. The highest BCUT2D eigenvalue weighted by atomic mass is 19.1. The predicted octanol–water partition coefficient (Wildman–Crippen LogP) is 3.34. The Morgan fingerprint density at radius 2 is 1.97 bits per heavy atom. The summed E-state index contributed by atoms with van der Waals surface area (Å²) >= 11 is 0. The monoisotopic (exact) mass is 440 g/mol. The maximum Gasteiger partial charge on any atom is 0.248 e. The molecule has 4 heterocycles. The third kappa shape index (κ3) is 3.95. The number of hydrogen-bond donors (Lipinski definition) is 3. The first-order valence-corrected chi connectivity index (χ1v) is 10.6.